The lowest BCUT2D eigenvalue weighted by molar-refractivity contribution is 0.0124. The quantitative estimate of drug-likeness (QED) is 0.219. The lowest BCUT2D eigenvalue weighted by Gasteiger charge is -2.33. The Morgan fingerprint density at radius 1 is 1.05 bits per heavy atom. The molecule has 3 aromatic carbocycles. The van der Waals surface area contributed by atoms with E-state index in [1.54, 1.807) is 36.3 Å². The van der Waals surface area contributed by atoms with E-state index in [4.69, 9.17) is 30.5 Å². The normalized spacial score (nSPS) is 14.0. The van der Waals surface area contributed by atoms with Crippen LogP contribution in [0.5, 0.6) is 17.2 Å². The first-order valence-electron chi connectivity index (χ1n) is 14.0. The molecule has 0 spiro atoms. The van der Waals surface area contributed by atoms with Gasteiger partial charge in [-0.1, -0.05) is 23.7 Å². The highest BCUT2D eigenvalue weighted by Gasteiger charge is 2.28. The van der Waals surface area contributed by atoms with Crippen molar-refractivity contribution in [3.05, 3.63) is 77.3 Å². The van der Waals surface area contributed by atoms with Crippen LogP contribution in [0.4, 0.5) is 20.7 Å². The molecule has 1 N–H and O–H groups in total. The molecular weight excluding hydrogens is 575 g/mol. The van der Waals surface area contributed by atoms with E-state index in [2.05, 4.69) is 15.3 Å². The number of carbonyl (C=O) groups is 1. The van der Waals surface area contributed by atoms with E-state index in [0.29, 0.717) is 70.8 Å². The van der Waals surface area contributed by atoms with Gasteiger partial charge in [0.05, 0.1) is 17.6 Å². The third-order valence-electron chi connectivity index (χ3n) is 6.79. The highest BCUT2D eigenvalue weighted by Crippen LogP contribution is 2.37. The zero-order valence-electron chi connectivity index (χ0n) is 24.5. The average Bonchev–Trinajstić information content (AvgIpc) is 2.96. The number of piperidine rings is 1. The van der Waals surface area contributed by atoms with Gasteiger partial charge in [-0.05, 0) is 62.7 Å². The fraction of sp³-hybridized carbons (Fsp3) is 0.344. The molecule has 0 radical (unpaired) electrons. The van der Waals surface area contributed by atoms with Crippen molar-refractivity contribution in [1.82, 2.24) is 14.9 Å². The summed E-state index contributed by atoms with van der Waals surface area (Å²) in [6.45, 7) is 6.83. The summed E-state index contributed by atoms with van der Waals surface area (Å²) in [6, 6.07) is 15.2. The highest BCUT2D eigenvalue weighted by molar-refractivity contribution is 6.32. The summed E-state index contributed by atoms with van der Waals surface area (Å²) < 4.78 is 36.8. The van der Waals surface area contributed by atoms with Crippen LogP contribution in [-0.4, -0.2) is 52.9 Å². The maximum atomic E-state index is 13.5. The molecule has 1 saturated heterocycles. The van der Waals surface area contributed by atoms with Crippen LogP contribution in [0.3, 0.4) is 0 Å². The SMILES string of the molecule is COc1cc2ncnc(Nc3ccc(OCc4cccc(F)c4)c(Cl)c3)c2cc1OC1CCN(C(=O)OC(C)(C)C)CC1. The summed E-state index contributed by atoms with van der Waals surface area (Å²) in [7, 11) is 1.58. The largest absolute Gasteiger partial charge is 0.493 e. The van der Waals surface area contributed by atoms with Crippen LogP contribution in [0.25, 0.3) is 10.9 Å². The zero-order valence-corrected chi connectivity index (χ0v) is 25.3. The number of hydrogen-bond acceptors (Lipinski definition) is 8. The monoisotopic (exact) mass is 608 g/mol. The van der Waals surface area contributed by atoms with Gasteiger partial charge in [0.1, 0.15) is 42.0 Å². The first-order valence-corrected chi connectivity index (χ1v) is 14.4. The summed E-state index contributed by atoms with van der Waals surface area (Å²) in [5, 5.41) is 4.43. The lowest BCUT2D eigenvalue weighted by Crippen LogP contribution is -2.44. The number of methoxy groups -OCH3 is 1. The van der Waals surface area contributed by atoms with Crippen molar-refractivity contribution < 1.29 is 28.1 Å². The molecule has 9 nitrogen and oxygen atoms in total. The number of fused-ring (bicyclic) bond motifs is 1. The summed E-state index contributed by atoms with van der Waals surface area (Å²) >= 11 is 6.51. The molecule has 4 aromatic rings. The Hall–Kier alpha value is -4.31. The van der Waals surface area contributed by atoms with Crippen LogP contribution in [0.2, 0.25) is 5.02 Å². The van der Waals surface area contributed by atoms with Crippen molar-refractivity contribution in [2.24, 2.45) is 0 Å². The molecule has 0 atom stereocenters. The highest BCUT2D eigenvalue weighted by atomic mass is 35.5. The number of anilines is 2. The number of carbonyl (C=O) groups excluding carboxylic acids is 1. The van der Waals surface area contributed by atoms with Gasteiger partial charge in [-0.2, -0.15) is 0 Å². The maximum absolute atomic E-state index is 13.5. The number of amides is 1. The van der Waals surface area contributed by atoms with Gasteiger partial charge in [-0.15, -0.1) is 0 Å². The van der Waals surface area contributed by atoms with Gasteiger partial charge in [0.15, 0.2) is 11.5 Å². The number of aromatic nitrogens is 2. The topological polar surface area (TPSA) is 95.0 Å². The average molecular weight is 609 g/mol. The molecule has 43 heavy (non-hydrogen) atoms. The van der Waals surface area contributed by atoms with Crippen molar-refractivity contribution >= 4 is 40.1 Å². The second-order valence-electron chi connectivity index (χ2n) is 11.2. The zero-order chi connectivity index (χ0) is 30.6. The van der Waals surface area contributed by atoms with Gasteiger partial charge in [0.2, 0.25) is 0 Å². The molecule has 1 aliphatic rings. The first-order chi connectivity index (χ1) is 20.6. The van der Waals surface area contributed by atoms with Gasteiger partial charge in [-0.25, -0.2) is 19.2 Å². The molecule has 5 rings (SSSR count). The predicted molar refractivity (Wildman–Crippen MR) is 163 cm³/mol. The number of likely N-dealkylation sites (tertiary alicyclic amines) is 1. The molecule has 1 amide bonds. The van der Waals surface area contributed by atoms with Crippen molar-refractivity contribution in [2.45, 2.75) is 51.9 Å². The minimum Gasteiger partial charge on any atom is -0.493 e. The molecule has 226 valence electrons. The smallest absolute Gasteiger partial charge is 0.410 e. The Morgan fingerprint density at radius 3 is 2.53 bits per heavy atom. The standard InChI is InChI=1S/C32H34ClFN4O5/c1-32(2,3)43-31(39)38-12-10-23(11-13-38)42-29-16-24-26(17-28(29)40-4)35-19-36-30(24)37-22-8-9-27(25(33)15-22)41-18-20-6-5-7-21(34)14-20/h5-9,14-17,19,23H,10-13,18H2,1-4H3,(H,35,36,37). The minimum absolute atomic E-state index is 0.107. The van der Waals surface area contributed by atoms with E-state index in [-0.39, 0.29) is 24.6 Å². The third-order valence-corrected chi connectivity index (χ3v) is 7.08. The van der Waals surface area contributed by atoms with Gasteiger partial charge in [0.25, 0.3) is 0 Å². The summed E-state index contributed by atoms with van der Waals surface area (Å²) in [5.74, 6) is 1.82. The number of hydrogen-bond donors (Lipinski definition) is 1. The van der Waals surface area contributed by atoms with Gasteiger partial charge in [0, 0.05) is 43.1 Å². The van der Waals surface area contributed by atoms with E-state index in [0.717, 1.165) is 5.39 Å². The Kier molecular flexibility index (Phi) is 9.05. The molecule has 2 heterocycles. The Balaban J connectivity index is 1.29. The third kappa shape index (κ3) is 7.75. The van der Waals surface area contributed by atoms with Crippen molar-refractivity contribution in [3.63, 3.8) is 0 Å². The lowest BCUT2D eigenvalue weighted by atomic mass is 10.1. The molecular formula is C32H34ClFN4O5. The number of ether oxygens (including phenoxy) is 4. The van der Waals surface area contributed by atoms with Crippen molar-refractivity contribution in [3.8, 4) is 17.2 Å². The van der Waals surface area contributed by atoms with Crippen LogP contribution in [0.1, 0.15) is 39.2 Å². The van der Waals surface area contributed by atoms with Crippen molar-refractivity contribution in [1.29, 1.82) is 0 Å². The molecule has 0 saturated carbocycles. The van der Waals surface area contributed by atoms with Gasteiger partial charge < -0.3 is 29.2 Å². The van der Waals surface area contributed by atoms with E-state index >= 15 is 0 Å². The number of rotatable bonds is 8. The predicted octanol–water partition coefficient (Wildman–Crippen LogP) is 7.53. The van der Waals surface area contributed by atoms with Crippen LogP contribution < -0.4 is 19.5 Å². The fourth-order valence-electron chi connectivity index (χ4n) is 4.70. The van der Waals surface area contributed by atoms with Gasteiger partial charge in [-0.3, -0.25) is 0 Å². The van der Waals surface area contributed by atoms with Crippen LogP contribution in [0, 0.1) is 5.82 Å². The summed E-state index contributed by atoms with van der Waals surface area (Å²) in [5.41, 5.74) is 1.52. The fourth-order valence-corrected chi connectivity index (χ4v) is 4.93. The van der Waals surface area contributed by atoms with Crippen molar-refractivity contribution in [2.75, 3.05) is 25.5 Å². The maximum Gasteiger partial charge on any atom is 0.410 e. The number of halogens is 2. The minimum atomic E-state index is -0.540. The molecule has 11 heteroatoms. The molecule has 0 bridgehead atoms. The number of benzene rings is 3. The Bertz CT molecular complexity index is 1600. The number of nitrogens with zero attached hydrogens (tertiary/aromatic N) is 3. The summed E-state index contributed by atoms with van der Waals surface area (Å²) in [4.78, 5) is 23.0. The molecule has 1 aromatic heterocycles. The van der Waals surface area contributed by atoms with E-state index in [1.165, 1.54) is 18.5 Å². The second kappa shape index (κ2) is 12.9. The Morgan fingerprint density at radius 2 is 1.84 bits per heavy atom. The van der Waals surface area contributed by atoms with Crippen LogP contribution in [-0.2, 0) is 11.3 Å². The van der Waals surface area contributed by atoms with Crippen LogP contribution in [0.15, 0.2) is 60.9 Å². The summed E-state index contributed by atoms with van der Waals surface area (Å²) in [6.07, 6.45) is 2.36. The number of nitrogens with one attached hydrogen (secondary N) is 1. The molecule has 0 unspecified atom stereocenters. The first kappa shape index (κ1) is 30.2. The van der Waals surface area contributed by atoms with E-state index in [1.807, 2.05) is 39.0 Å². The second-order valence-corrected chi connectivity index (χ2v) is 11.6. The van der Waals surface area contributed by atoms with E-state index < -0.39 is 5.60 Å². The van der Waals surface area contributed by atoms with E-state index in [9.17, 15) is 9.18 Å². The molecule has 1 fully saturated rings. The van der Waals surface area contributed by atoms with Crippen LogP contribution >= 0.6 is 11.6 Å². The molecule has 1 aliphatic heterocycles. The Labute approximate surface area is 254 Å². The molecule has 0 aliphatic carbocycles. The van der Waals surface area contributed by atoms with Gasteiger partial charge >= 0.3 is 6.09 Å².